The van der Waals surface area contributed by atoms with Gasteiger partial charge in [-0.3, -0.25) is 4.90 Å². The molecule has 0 aliphatic carbocycles. The minimum atomic E-state index is 0.375. The highest BCUT2D eigenvalue weighted by atomic mass is 16.5. The SMILES string of the molecule is COc1cc(CN2CCC(Nc3ncc(C)cn3)C2)cc(OC)c1. The molecule has 0 saturated carbocycles. The third kappa shape index (κ3) is 4.14. The van der Waals surface area contributed by atoms with Gasteiger partial charge in [-0.25, -0.2) is 9.97 Å². The number of methoxy groups -OCH3 is 2. The summed E-state index contributed by atoms with van der Waals surface area (Å²) in [5.74, 6) is 2.35. The fourth-order valence-corrected chi connectivity index (χ4v) is 2.96. The standard InChI is InChI=1S/C18H24N4O2/c1-13-9-19-18(20-10-13)21-15-4-5-22(12-15)11-14-6-16(23-2)8-17(7-14)24-3/h6-10,15H,4-5,11-12H2,1-3H3,(H,19,20,21). The average Bonchev–Trinajstić information content (AvgIpc) is 3.03. The first-order valence-corrected chi connectivity index (χ1v) is 8.16. The van der Waals surface area contributed by atoms with E-state index in [1.807, 2.05) is 25.4 Å². The molecule has 1 fully saturated rings. The fraction of sp³-hybridized carbons (Fsp3) is 0.444. The largest absolute Gasteiger partial charge is 0.497 e. The van der Waals surface area contributed by atoms with Crippen molar-refractivity contribution in [3.63, 3.8) is 0 Å². The molecule has 0 amide bonds. The Morgan fingerprint density at radius 3 is 2.42 bits per heavy atom. The van der Waals surface area contributed by atoms with Gasteiger partial charge in [0.1, 0.15) is 11.5 Å². The molecule has 2 aromatic rings. The van der Waals surface area contributed by atoms with Crippen LogP contribution >= 0.6 is 0 Å². The summed E-state index contributed by atoms with van der Waals surface area (Å²) < 4.78 is 10.7. The molecule has 1 saturated heterocycles. The Kier molecular flexibility index (Phi) is 5.15. The highest BCUT2D eigenvalue weighted by Crippen LogP contribution is 2.24. The van der Waals surface area contributed by atoms with Crippen molar-refractivity contribution in [1.82, 2.24) is 14.9 Å². The Balaban J connectivity index is 1.59. The number of ether oxygens (including phenoxy) is 2. The van der Waals surface area contributed by atoms with E-state index < -0.39 is 0 Å². The molecular formula is C18H24N4O2. The number of likely N-dealkylation sites (tertiary alicyclic amines) is 1. The molecule has 0 spiro atoms. The van der Waals surface area contributed by atoms with Crippen LogP contribution in [0.3, 0.4) is 0 Å². The Morgan fingerprint density at radius 2 is 1.79 bits per heavy atom. The summed E-state index contributed by atoms with van der Waals surface area (Å²) in [6.45, 7) is 4.88. The van der Waals surface area contributed by atoms with Crippen molar-refractivity contribution in [3.05, 3.63) is 41.7 Å². The Bertz CT molecular complexity index is 653. The summed E-state index contributed by atoms with van der Waals surface area (Å²) in [6, 6.07) is 6.39. The minimum Gasteiger partial charge on any atom is -0.497 e. The van der Waals surface area contributed by atoms with E-state index in [1.165, 1.54) is 5.56 Å². The zero-order chi connectivity index (χ0) is 16.9. The number of nitrogens with zero attached hydrogens (tertiary/aromatic N) is 3. The van der Waals surface area contributed by atoms with Gasteiger partial charge < -0.3 is 14.8 Å². The van der Waals surface area contributed by atoms with Crippen LogP contribution in [0.2, 0.25) is 0 Å². The number of aromatic nitrogens is 2. The molecule has 6 heteroatoms. The number of benzene rings is 1. The maximum absolute atomic E-state index is 5.34. The first-order valence-electron chi connectivity index (χ1n) is 8.16. The van der Waals surface area contributed by atoms with Crippen LogP contribution in [0.1, 0.15) is 17.5 Å². The number of nitrogens with one attached hydrogen (secondary N) is 1. The molecule has 2 heterocycles. The molecular weight excluding hydrogens is 304 g/mol. The van der Waals surface area contributed by atoms with Crippen LogP contribution in [0, 0.1) is 6.92 Å². The van der Waals surface area contributed by atoms with E-state index in [0.29, 0.717) is 12.0 Å². The van der Waals surface area contributed by atoms with Gasteiger partial charge in [-0.15, -0.1) is 0 Å². The van der Waals surface area contributed by atoms with Crippen molar-refractivity contribution in [2.45, 2.75) is 25.9 Å². The van der Waals surface area contributed by atoms with Crippen molar-refractivity contribution in [2.75, 3.05) is 32.6 Å². The van der Waals surface area contributed by atoms with Crippen LogP contribution < -0.4 is 14.8 Å². The summed E-state index contributed by atoms with van der Waals surface area (Å²) in [7, 11) is 3.35. The number of hydrogen-bond acceptors (Lipinski definition) is 6. The van der Waals surface area contributed by atoms with Gasteiger partial charge in [-0.2, -0.15) is 0 Å². The number of anilines is 1. The van der Waals surface area contributed by atoms with Crippen LogP contribution in [0.15, 0.2) is 30.6 Å². The van der Waals surface area contributed by atoms with Crippen LogP contribution in [0.25, 0.3) is 0 Å². The van der Waals surface area contributed by atoms with Crippen molar-refractivity contribution in [3.8, 4) is 11.5 Å². The summed E-state index contributed by atoms with van der Waals surface area (Å²) in [5.41, 5.74) is 2.26. The maximum atomic E-state index is 5.34. The summed E-state index contributed by atoms with van der Waals surface area (Å²) in [6.07, 6.45) is 4.76. The monoisotopic (exact) mass is 328 g/mol. The first-order chi connectivity index (χ1) is 11.7. The lowest BCUT2D eigenvalue weighted by Crippen LogP contribution is -2.26. The third-order valence-electron chi connectivity index (χ3n) is 4.20. The highest BCUT2D eigenvalue weighted by Gasteiger charge is 2.23. The second kappa shape index (κ2) is 7.49. The average molecular weight is 328 g/mol. The number of hydrogen-bond donors (Lipinski definition) is 1. The quantitative estimate of drug-likeness (QED) is 0.879. The molecule has 3 rings (SSSR count). The molecule has 6 nitrogen and oxygen atoms in total. The van der Waals surface area contributed by atoms with Gasteiger partial charge in [0.15, 0.2) is 0 Å². The van der Waals surface area contributed by atoms with Crippen LogP contribution in [-0.2, 0) is 6.54 Å². The number of aryl methyl sites for hydroxylation is 1. The van der Waals surface area contributed by atoms with Gasteiger partial charge in [-0.05, 0) is 36.6 Å². The van der Waals surface area contributed by atoms with E-state index in [2.05, 4.69) is 32.3 Å². The van der Waals surface area contributed by atoms with E-state index in [0.717, 1.165) is 43.1 Å². The lowest BCUT2D eigenvalue weighted by Gasteiger charge is -2.18. The van der Waals surface area contributed by atoms with Crippen molar-refractivity contribution < 1.29 is 9.47 Å². The molecule has 1 aliphatic heterocycles. The first kappa shape index (κ1) is 16.5. The maximum Gasteiger partial charge on any atom is 0.222 e. The van der Waals surface area contributed by atoms with E-state index in [9.17, 15) is 0 Å². The number of rotatable bonds is 6. The molecule has 1 aliphatic rings. The molecule has 1 unspecified atom stereocenters. The third-order valence-corrected chi connectivity index (χ3v) is 4.20. The summed E-state index contributed by atoms with van der Waals surface area (Å²) >= 11 is 0. The molecule has 24 heavy (non-hydrogen) atoms. The predicted molar refractivity (Wildman–Crippen MR) is 93.6 cm³/mol. The summed E-state index contributed by atoms with van der Waals surface area (Å²) in [5, 5.41) is 3.42. The molecule has 128 valence electrons. The molecule has 0 bridgehead atoms. The van der Waals surface area contributed by atoms with Gasteiger partial charge in [0, 0.05) is 44.1 Å². The lowest BCUT2D eigenvalue weighted by molar-refractivity contribution is 0.326. The molecule has 0 radical (unpaired) electrons. The van der Waals surface area contributed by atoms with E-state index in [1.54, 1.807) is 14.2 Å². The Morgan fingerprint density at radius 1 is 1.12 bits per heavy atom. The zero-order valence-corrected chi connectivity index (χ0v) is 14.5. The van der Waals surface area contributed by atoms with E-state index >= 15 is 0 Å². The molecule has 1 aromatic heterocycles. The smallest absolute Gasteiger partial charge is 0.222 e. The van der Waals surface area contributed by atoms with Crippen molar-refractivity contribution >= 4 is 5.95 Å². The van der Waals surface area contributed by atoms with Crippen LogP contribution in [-0.4, -0.2) is 48.2 Å². The Labute approximate surface area is 142 Å². The van der Waals surface area contributed by atoms with Crippen LogP contribution in [0.5, 0.6) is 11.5 Å². The minimum absolute atomic E-state index is 0.375. The van der Waals surface area contributed by atoms with Gasteiger partial charge in [0.25, 0.3) is 0 Å². The lowest BCUT2D eigenvalue weighted by atomic mass is 10.2. The van der Waals surface area contributed by atoms with Gasteiger partial charge >= 0.3 is 0 Å². The van der Waals surface area contributed by atoms with Crippen molar-refractivity contribution in [1.29, 1.82) is 0 Å². The van der Waals surface area contributed by atoms with E-state index in [-0.39, 0.29) is 0 Å². The summed E-state index contributed by atoms with van der Waals surface area (Å²) in [4.78, 5) is 11.1. The second-order valence-electron chi connectivity index (χ2n) is 6.17. The second-order valence-corrected chi connectivity index (χ2v) is 6.17. The Hall–Kier alpha value is -2.34. The van der Waals surface area contributed by atoms with Gasteiger partial charge in [0.05, 0.1) is 14.2 Å². The van der Waals surface area contributed by atoms with E-state index in [4.69, 9.17) is 9.47 Å². The molecule has 1 aromatic carbocycles. The normalized spacial score (nSPS) is 17.7. The molecule has 1 atom stereocenters. The van der Waals surface area contributed by atoms with Crippen molar-refractivity contribution in [2.24, 2.45) is 0 Å². The van der Waals surface area contributed by atoms with Gasteiger partial charge in [-0.1, -0.05) is 0 Å². The predicted octanol–water partition coefficient (Wildman–Crippen LogP) is 2.49. The molecule has 1 N–H and O–H groups in total. The van der Waals surface area contributed by atoms with Gasteiger partial charge in [0.2, 0.25) is 5.95 Å². The topological polar surface area (TPSA) is 59.5 Å². The zero-order valence-electron chi connectivity index (χ0n) is 14.5. The van der Waals surface area contributed by atoms with Crippen LogP contribution in [0.4, 0.5) is 5.95 Å². The fourth-order valence-electron chi connectivity index (χ4n) is 2.96. The highest BCUT2D eigenvalue weighted by molar-refractivity contribution is 5.38.